The number of alkyl halides is 3. The first kappa shape index (κ1) is 21.4. The first-order valence-electron chi connectivity index (χ1n) is 9.89. The summed E-state index contributed by atoms with van der Waals surface area (Å²) < 4.78 is 40.3. The molecule has 0 atom stereocenters. The SMILES string of the molecule is O=C(C[NH+]1CC[NH+](CC(=O)N2CCCC2)CC1)Nc1ccc(OC(F)(F)F)cc1. The zero-order valence-electron chi connectivity index (χ0n) is 16.2. The zero-order valence-corrected chi connectivity index (χ0v) is 16.2. The van der Waals surface area contributed by atoms with Crippen LogP contribution in [0.5, 0.6) is 5.75 Å². The van der Waals surface area contributed by atoms with Gasteiger partial charge < -0.3 is 24.8 Å². The van der Waals surface area contributed by atoms with Crippen LogP contribution in [0, 0.1) is 0 Å². The lowest BCUT2D eigenvalue weighted by atomic mass is 10.2. The Morgan fingerprint density at radius 1 is 0.966 bits per heavy atom. The number of carbonyl (C=O) groups is 2. The van der Waals surface area contributed by atoms with E-state index in [2.05, 4.69) is 10.1 Å². The van der Waals surface area contributed by atoms with Gasteiger partial charge >= 0.3 is 6.36 Å². The lowest BCUT2D eigenvalue weighted by Crippen LogP contribution is -3.28. The van der Waals surface area contributed by atoms with Gasteiger partial charge in [0.05, 0.1) is 0 Å². The molecule has 10 heteroatoms. The minimum absolute atomic E-state index is 0.193. The van der Waals surface area contributed by atoms with Crippen molar-refractivity contribution in [2.45, 2.75) is 19.2 Å². The van der Waals surface area contributed by atoms with Crippen molar-refractivity contribution in [1.29, 1.82) is 0 Å². The molecule has 0 unspecified atom stereocenters. The van der Waals surface area contributed by atoms with Gasteiger partial charge in [0.2, 0.25) is 0 Å². The Balaban J connectivity index is 1.37. The Kier molecular flexibility index (Phi) is 6.96. The third-order valence-corrected chi connectivity index (χ3v) is 5.31. The largest absolute Gasteiger partial charge is 0.573 e. The monoisotopic (exact) mass is 416 g/mol. The second-order valence-corrected chi connectivity index (χ2v) is 7.56. The Labute approximate surface area is 167 Å². The number of nitrogens with one attached hydrogen (secondary N) is 3. The van der Waals surface area contributed by atoms with Crippen LogP contribution in [0.2, 0.25) is 0 Å². The molecule has 160 valence electrons. The highest BCUT2D eigenvalue weighted by Crippen LogP contribution is 2.23. The van der Waals surface area contributed by atoms with E-state index in [0.29, 0.717) is 12.2 Å². The smallest absolute Gasteiger partial charge is 0.406 e. The highest BCUT2D eigenvalue weighted by molar-refractivity contribution is 5.91. The molecule has 1 aromatic carbocycles. The average molecular weight is 416 g/mol. The van der Waals surface area contributed by atoms with Gasteiger partial charge in [-0.15, -0.1) is 13.2 Å². The van der Waals surface area contributed by atoms with Crippen molar-refractivity contribution in [3.8, 4) is 5.75 Å². The van der Waals surface area contributed by atoms with Crippen molar-refractivity contribution < 1.29 is 37.3 Å². The summed E-state index contributed by atoms with van der Waals surface area (Å²) in [5.41, 5.74) is 0.421. The molecule has 2 fully saturated rings. The van der Waals surface area contributed by atoms with E-state index < -0.39 is 6.36 Å². The predicted molar refractivity (Wildman–Crippen MR) is 98.7 cm³/mol. The first-order chi connectivity index (χ1) is 13.8. The van der Waals surface area contributed by atoms with Crippen LogP contribution < -0.4 is 19.9 Å². The van der Waals surface area contributed by atoms with Crippen LogP contribution in [0.25, 0.3) is 0 Å². The van der Waals surface area contributed by atoms with Gasteiger partial charge in [-0.05, 0) is 37.1 Å². The summed E-state index contributed by atoms with van der Waals surface area (Å²) in [5.74, 6) is -0.304. The minimum atomic E-state index is -4.74. The number of benzene rings is 1. The average Bonchev–Trinajstić information content (AvgIpc) is 3.19. The molecular weight excluding hydrogens is 389 g/mol. The number of ether oxygens (including phenoxy) is 1. The molecule has 2 heterocycles. The summed E-state index contributed by atoms with van der Waals surface area (Å²) in [6, 6.07) is 5.08. The molecule has 3 rings (SSSR count). The topological polar surface area (TPSA) is 67.5 Å². The maximum Gasteiger partial charge on any atom is 0.573 e. The Morgan fingerprint density at radius 3 is 2.07 bits per heavy atom. The fourth-order valence-corrected chi connectivity index (χ4v) is 3.78. The molecule has 7 nitrogen and oxygen atoms in total. The Hall–Kier alpha value is -2.33. The number of amides is 2. The summed E-state index contributed by atoms with van der Waals surface area (Å²) in [5, 5.41) is 2.70. The molecule has 0 bridgehead atoms. The van der Waals surface area contributed by atoms with E-state index in [9.17, 15) is 22.8 Å². The Morgan fingerprint density at radius 2 is 1.52 bits per heavy atom. The summed E-state index contributed by atoms with van der Waals surface area (Å²) >= 11 is 0. The fourth-order valence-electron chi connectivity index (χ4n) is 3.78. The lowest BCUT2D eigenvalue weighted by molar-refractivity contribution is -1.00. The highest BCUT2D eigenvalue weighted by atomic mass is 19.4. The molecule has 0 spiro atoms. The van der Waals surface area contributed by atoms with Crippen LogP contribution in [0.1, 0.15) is 12.8 Å². The fraction of sp³-hybridized carbons (Fsp3) is 0.579. The van der Waals surface area contributed by atoms with E-state index in [1.807, 2.05) is 4.90 Å². The number of quaternary nitrogens is 2. The first-order valence-corrected chi connectivity index (χ1v) is 9.89. The van der Waals surface area contributed by atoms with Crippen LogP contribution in [-0.4, -0.2) is 75.4 Å². The maximum absolute atomic E-state index is 12.2. The van der Waals surface area contributed by atoms with E-state index in [4.69, 9.17) is 0 Å². The number of likely N-dealkylation sites (tertiary alicyclic amines) is 1. The number of halogens is 3. The molecule has 0 saturated carbocycles. The van der Waals surface area contributed by atoms with Gasteiger partial charge in [0.25, 0.3) is 11.8 Å². The minimum Gasteiger partial charge on any atom is -0.406 e. The van der Waals surface area contributed by atoms with Gasteiger partial charge in [-0.2, -0.15) is 0 Å². The summed E-state index contributed by atoms with van der Waals surface area (Å²) in [6.07, 6.45) is -2.56. The van der Waals surface area contributed by atoms with Crippen molar-refractivity contribution in [2.75, 3.05) is 57.7 Å². The molecule has 3 N–H and O–H groups in total. The molecule has 2 saturated heterocycles. The summed E-state index contributed by atoms with van der Waals surface area (Å²) in [6.45, 7) is 5.82. The van der Waals surface area contributed by atoms with Gasteiger partial charge in [0, 0.05) is 18.8 Å². The van der Waals surface area contributed by atoms with Gasteiger partial charge in [0.1, 0.15) is 31.9 Å². The number of anilines is 1. The summed E-state index contributed by atoms with van der Waals surface area (Å²) in [7, 11) is 0. The second-order valence-electron chi connectivity index (χ2n) is 7.56. The van der Waals surface area contributed by atoms with Crippen molar-refractivity contribution in [1.82, 2.24) is 4.90 Å². The zero-order chi connectivity index (χ0) is 20.9. The number of hydrogen-bond acceptors (Lipinski definition) is 3. The van der Waals surface area contributed by atoms with Crippen molar-refractivity contribution >= 4 is 17.5 Å². The van der Waals surface area contributed by atoms with Crippen molar-refractivity contribution in [3.63, 3.8) is 0 Å². The number of rotatable bonds is 6. The highest BCUT2D eigenvalue weighted by Gasteiger charge is 2.31. The molecule has 0 radical (unpaired) electrons. The molecular formula is C19H27F3N4O3+2. The Bertz CT molecular complexity index is 698. The molecule has 0 aliphatic carbocycles. The third-order valence-electron chi connectivity index (χ3n) is 5.31. The molecule has 2 amide bonds. The van der Waals surface area contributed by atoms with Gasteiger partial charge in [-0.1, -0.05) is 0 Å². The van der Waals surface area contributed by atoms with Crippen LogP contribution in [0.3, 0.4) is 0 Å². The standard InChI is InChI=1S/C19H25F3N4O3/c20-19(21,22)29-16-5-3-15(4-6-16)23-17(27)13-24-9-11-25(12-10-24)14-18(28)26-7-1-2-8-26/h3-6H,1-2,7-14H2,(H,23,27)/p+2. The quantitative estimate of drug-likeness (QED) is 0.553. The van der Waals surface area contributed by atoms with Crippen LogP contribution in [-0.2, 0) is 9.59 Å². The van der Waals surface area contributed by atoms with Crippen LogP contribution in [0.4, 0.5) is 18.9 Å². The van der Waals surface area contributed by atoms with Crippen molar-refractivity contribution in [3.05, 3.63) is 24.3 Å². The van der Waals surface area contributed by atoms with Gasteiger partial charge in [-0.25, -0.2) is 0 Å². The normalized spacial score (nSPS) is 22.4. The maximum atomic E-state index is 12.2. The van der Waals surface area contributed by atoms with E-state index >= 15 is 0 Å². The summed E-state index contributed by atoms with van der Waals surface area (Å²) in [4.78, 5) is 28.8. The number of nitrogens with zero attached hydrogens (tertiary/aromatic N) is 1. The van der Waals surface area contributed by atoms with E-state index in [-0.39, 0.29) is 24.1 Å². The van der Waals surface area contributed by atoms with Gasteiger partial charge in [0.15, 0.2) is 13.1 Å². The van der Waals surface area contributed by atoms with Crippen molar-refractivity contribution in [2.24, 2.45) is 0 Å². The number of carbonyl (C=O) groups excluding carboxylic acids is 2. The van der Waals surface area contributed by atoms with Gasteiger partial charge in [-0.3, -0.25) is 9.59 Å². The number of hydrogen-bond donors (Lipinski definition) is 3. The van der Waals surface area contributed by atoms with E-state index in [1.54, 1.807) is 0 Å². The molecule has 1 aromatic rings. The molecule has 29 heavy (non-hydrogen) atoms. The number of piperazine rings is 1. The molecule has 2 aliphatic heterocycles. The molecule has 2 aliphatic rings. The second kappa shape index (κ2) is 9.45. The van der Waals surface area contributed by atoms with Crippen LogP contribution in [0.15, 0.2) is 24.3 Å². The van der Waals surface area contributed by atoms with Crippen LogP contribution >= 0.6 is 0 Å². The third kappa shape index (κ3) is 6.90. The molecule has 0 aromatic heterocycles. The lowest BCUT2D eigenvalue weighted by Gasteiger charge is -2.29. The predicted octanol–water partition coefficient (Wildman–Crippen LogP) is -1.07. The van der Waals surface area contributed by atoms with E-state index in [0.717, 1.165) is 69.1 Å². The van der Waals surface area contributed by atoms with E-state index in [1.165, 1.54) is 17.0 Å².